The number of carbonyl (C=O) groups excluding carboxylic acids is 10. The lowest BCUT2D eigenvalue weighted by atomic mass is 9.96. The first-order valence-electron chi connectivity index (χ1n) is 29.7. The van der Waals surface area contributed by atoms with E-state index in [1.54, 1.807) is 56.3 Å². The van der Waals surface area contributed by atoms with Crippen molar-refractivity contribution < 1.29 is 58.2 Å². The Morgan fingerprint density at radius 3 is 1.32 bits per heavy atom. The van der Waals surface area contributed by atoms with Gasteiger partial charge in [0.1, 0.15) is 66.2 Å². The van der Waals surface area contributed by atoms with E-state index in [9.17, 15) is 58.2 Å². The molecule has 22 nitrogen and oxygen atoms in total. The molecule has 5 aliphatic rings. The molecule has 0 bridgehead atoms. The van der Waals surface area contributed by atoms with Gasteiger partial charge in [-0.25, -0.2) is 0 Å². The smallest absolute Gasteiger partial charge is 0.246 e. The number of rotatable bonds is 11. The number of phenolic OH excluding ortho intramolecular Hbond substituents is 1. The minimum absolute atomic E-state index is 0.0164. The predicted molar refractivity (Wildman–Crippen MR) is 303 cm³/mol. The lowest BCUT2D eigenvalue weighted by Crippen LogP contribution is -2.63. The Labute approximate surface area is 481 Å². The number of carbonyl (C=O) groups is 10. The van der Waals surface area contributed by atoms with E-state index in [1.807, 2.05) is 27.7 Å². The first-order valence-corrected chi connectivity index (χ1v) is 29.7. The zero-order valence-corrected chi connectivity index (χ0v) is 48.6. The number of aliphatic hydroxyl groups excluding tert-OH is 1. The third kappa shape index (κ3) is 14.9. The molecule has 0 aromatic heterocycles. The summed E-state index contributed by atoms with van der Waals surface area (Å²) in [5.74, 6) is -7.47. The molecule has 82 heavy (non-hydrogen) atoms. The van der Waals surface area contributed by atoms with Crippen LogP contribution in [0.1, 0.15) is 130 Å². The Balaban J connectivity index is 1.26. The topological polar surface area (TPSA) is 296 Å². The van der Waals surface area contributed by atoms with Crippen LogP contribution in [-0.2, 0) is 60.8 Å². The third-order valence-corrected chi connectivity index (χ3v) is 17.2. The number of nitrogens with one attached hydrogen (secondary N) is 6. The molecule has 1 unspecified atom stereocenters. The molecular weight excluding hydrogens is 1050 g/mol. The molecule has 2 aromatic rings. The van der Waals surface area contributed by atoms with Crippen LogP contribution in [-0.4, -0.2) is 182 Å². The second kappa shape index (κ2) is 28.3. The number of phenols is 1. The van der Waals surface area contributed by atoms with E-state index in [-0.39, 0.29) is 76.4 Å². The van der Waals surface area contributed by atoms with E-state index in [1.165, 1.54) is 38.7 Å². The van der Waals surface area contributed by atoms with Crippen molar-refractivity contribution in [2.24, 2.45) is 17.8 Å². The molecule has 448 valence electrons. The van der Waals surface area contributed by atoms with Crippen molar-refractivity contribution in [2.45, 2.75) is 198 Å². The zero-order valence-electron chi connectivity index (χ0n) is 48.6. The number of benzene rings is 2. The first-order chi connectivity index (χ1) is 39.1. The summed E-state index contributed by atoms with van der Waals surface area (Å²) in [6.45, 7) is 13.0. The minimum Gasteiger partial charge on any atom is -0.508 e. The molecule has 13 atom stereocenters. The van der Waals surface area contributed by atoms with Gasteiger partial charge in [0.25, 0.3) is 0 Å². The maximum atomic E-state index is 14.9. The van der Waals surface area contributed by atoms with E-state index in [2.05, 4.69) is 31.9 Å². The van der Waals surface area contributed by atoms with Crippen LogP contribution in [0.3, 0.4) is 0 Å². The Morgan fingerprint density at radius 2 is 0.829 bits per heavy atom. The average molecular weight is 1140 g/mol. The quantitative estimate of drug-likeness (QED) is 0.159. The monoisotopic (exact) mass is 1140 g/mol. The van der Waals surface area contributed by atoms with Gasteiger partial charge in [0.2, 0.25) is 59.1 Å². The van der Waals surface area contributed by atoms with Crippen molar-refractivity contribution in [2.75, 3.05) is 26.2 Å². The molecule has 5 aliphatic heterocycles. The summed E-state index contributed by atoms with van der Waals surface area (Å²) in [6.07, 6.45) is 2.22. The normalized spacial score (nSPS) is 29.1. The zero-order chi connectivity index (χ0) is 59.5. The molecule has 10 amide bonds. The standard InChI is InChI=1S/C60H86N10O12/c1-8-35(5)48-55(77)62-42(32-38-17-11-10-12-18-38)52(74)66-50(37(7)71)56(78)63-43(31-34(3)4)57(79)69-29-15-21-46(69)58(80)67-27-13-19-44(67)53(75)61-41(33-39-23-25-40(72)26-24-39)51(73)65-49(36(6)9-2)60(82)70-30-16-22-47(70)59(81)68-28-14-20-45(68)54(76)64-48/h10-12,17-18,23-26,34-37,41-50,71-72H,8-9,13-16,19-22,27-33H2,1-7H3,(H,61,75)(H,62,77)(H,63,78)(H,64,76)(H,65,73)(H,66,74)/t35-,36-,37+,41-,42-,43?,44-,45-,46-,47-,48-,49-,50-/m0/s1. The van der Waals surface area contributed by atoms with Gasteiger partial charge >= 0.3 is 0 Å². The van der Waals surface area contributed by atoms with E-state index < -0.39 is 137 Å². The third-order valence-electron chi connectivity index (χ3n) is 17.2. The van der Waals surface area contributed by atoms with Crippen LogP contribution in [0, 0.1) is 17.8 Å². The van der Waals surface area contributed by atoms with Crippen molar-refractivity contribution in [1.29, 1.82) is 0 Å². The van der Waals surface area contributed by atoms with Crippen LogP contribution in [0.25, 0.3) is 0 Å². The van der Waals surface area contributed by atoms with Gasteiger partial charge < -0.3 is 61.7 Å². The van der Waals surface area contributed by atoms with Crippen LogP contribution < -0.4 is 31.9 Å². The Bertz CT molecular complexity index is 2640. The predicted octanol–water partition coefficient (Wildman–Crippen LogP) is 1.58. The van der Waals surface area contributed by atoms with E-state index in [0.29, 0.717) is 56.1 Å². The minimum atomic E-state index is -1.63. The summed E-state index contributed by atoms with van der Waals surface area (Å²) >= 11 is 0. The summed E-state index contributed by atoms with van der Waals surface area (Å²) in [5.41, 5.74) is 1.22. The Kier molecular flexibility index (Phi) is 21.5. The highest BCUT2D eigenvalue weighted by Crippen LogP contribution is 2.30. The van der Waals surface area contributed by atoms with Crippen molar-refractivity contribution in [1.82, 2.24) is 51.5 Å². The second-order valence-corrected chi connectivity index (χ2v) is 23.6. The van der Waals surface area contributed by atoms with Gasteiger partial charge in [0, 0.05) is 39.0 Å². The fraction of sp³-hybridized carbons (Fsp3) is 0.633. The fourth-order valence-electron chi connectivity index (χ4n) is 12.1. The summed E-state index contributed by atoms with van der Waals surface area (Å²) in [6, 6.07) is 3.05. The molecular formula is C60H86N10O12. The molecule has 0 saturated carbocycles. The van der Waals surface area contributed by atoms with Gasteiger partial charge in [-0.05, 0) is 106 Å². The largest absolute Gasteiger partial charge is 0.508 e. The highest BCUT2D eigenvalue weighted by molar-refractivity contribution is 6.00. The van der Waals surface area contributed by atoms with Crippen LogP contribution in [0.5, 0.6) is 5.75 Å². The van der Waals surface area contributed by atoms with Gasteiger partial charge in [-0.15, -0.1) is 0 Å². The lowest BCUT2D eigenvalue weighted by molar-refractivity contribution is -0.149. The molecule has 7 rings (SSSR count). The van der Waals surface area contributed by atoms with Crippen molar-refractivity contribution in [3.05, 3.63) is 65.7 Å². The highest BCUT2D eigenvalue weighted by atomic mass is 16.3. The summed E-state index contributed by atoms with van der Waals surface area (Å²) in [5, 5.41) is 38.2. The van der Waals surface area contributed by atoms with Crippen molar-refractivity contribution in [3.63, 3.8) is 0 Å². The molecule has 0 radical (unpaired) electrons. The molecule has 2 aromatic carbocycles. The summed E-state index contributed by atoms with van der Waals surface area (Å²) in [4.78, 5) is 153. The van der Waals surface area contributed by atoms with Gasteiger partial charge in [-0.1, -0.05) is 96.8 Å². The van der Waals surface area contributed by atoms with Gasteiger partial charge in [0.05, 0.1) is 6.10 Å². The van der Waals surface area contributed by atoms with Crippen LogP contribution in [0.2, 0.25) is 0 Å². The lowest BCUT2D eigenvalue weighted by Gasteiger charge is -2.35. The van der Waals surface area contributed by atoms with Crippen molar-refractivity contribution >= 4 is 59.1 Å². The van der Waals surface area contributed by atoms with Gasteiger partial charge in [-0.3, -0.25) is 47.9 Å². The number of nitrogens with zero attached hydrogens (tertiary/aromatic N) is 4. The fourth-order valence-corrected chi connectivity index (χ4v) is 12.1. The molecule has 0 aliphatic carbocycles. The molecule has 5 saturated heterocycles. The number of aromatic hydroxyl groups is 1. The van der Waals surface area contributed by atoms with Gasteiger partial charge in [0.15, 0.2) is 0 Å². The molecule has 5 fully saturated rings. The summed E-state index contributed by atoms with van der Waals surface area (Å²) in [7, 11) is 0. The maximum absolute atomic E-state index is 14.9. The average Bonchev–Trinajstić information content (AvgIpc) is 4.38. The van der Waals surface area contributed by atoms with Crippen LogP contribution >= 0.6 is 0 Å². The maximum Gasteiger partial charge on any atom is 0.246 e. The van der Waals surface area contributed by atoms with E-state index in [4.69, 9.17) is 0 Å². The SMILES string of the molecule is CC[C@H](C)[C@@H]1NC(=O)[C@@H]2CCCN2C(=O)[C@@H]2CCCN2C(=O)[C@H]([C@@H](C)CC)NC(=O)[C@H](Cc2ccc(O)cc2)NC(=O)[C@@H]2CCCN2C(=O)[C@@H]2CCCN2C(=O)C(CC(C)C)NC(=O)[C@H]([C@@H](C)O)NC(=O)[C@H](Cc2ccccc2)NC1=O. The molecule has 0 spiro atoms. The van der Waals surface area contributed by atoms with Crippen LogP contribution in [0.15, 0.2) is 54.6 Å². The summed E-state index contributed by atoms with van der Waals surface area (Å²) < 4.78 is 0. The Hall–Kier alpha value is -7.10. The van der Waals surface area contributed by atoms with Crippen LogP contribution in [0.4, 0.5) is 0 Å². The molecule has 5 heterocycles. The first kappa shape index (κ1) is 62.5. The van der Waals surface area contributed by atoms with E-state index >= 15 is 0 Å². The Morgan fingerprint density at radius 1 is 0.439 bits per heavy atom. The van der Waals surface area contributed by atoms with Gasteiger partial charge in [-0.2, -0.15) is 0 Å². The van der Waals surface area contributed by atoms with E-state index in [0.717, 1.165) is 0 Å². The number of hydrogen-bond acceptors (Lipinski definition) is 12. The molecule has 22 heteroatoms. The second-order valence-electron chi connectivity index (χ2n) is 23.6. The molecule has 8 N–H and O–H groups in total. The highest BCUT2D eigenvalue weighted by Gasteiger charge is 2.48. The number of amides is 10. The van der Waals surface area contributed by atoms with Crippen molar-refractivity contribution in [3.8, 4) is 5.75 Å². The number of hydrogen-bond donors (Lipinski definition) is 8. The number of fused-ring (bicyclic) bond motifs is 4. The number of aliphatic hydroxyl groups is 1.